The summed E-state index contributed by atoms with van der Waals surface area (Å²) in [6.07, 6.45) is 1.41. The number of aliphatic hydroxyl groups is 1. The molecule has 0 spiro atoms. The molecule has 0 unspecified atom stereocenters. The van der Waals surface area contributed by atoms with Crippen molar-refractivity contribution in [3.8, 4) is 6.07 Å². The Labute approximate surface area is 141 Å². The lowest BCUT2D eigenvalue weighted by atomic mass is 10.1. The van der Waals surface area contributed by atoms with Crippen LogP contribution >= 0.6 is 0 Å². The highest BCUT2D eigenvalue weighted by Crippen LogP contribution is 2.11. The van der Waals surface area contributed by atoms with Gasteiger partial charge in [-0.3, -0.25) is 4.79 Å². The van der Waals surface area contributed by atoms with Gasteiger partial charge in [-0.15, -0.1) is 0 Å². The van der Waals surface area contributed by atoms with Gasteiger partial charge in [0.15, 0.2) is 0 Å². The van der Waals surface area contributed by atoms with Gasteiger partial charge in [0.25, 0.3) is 5.91 Å². The van der Waals surface area contributed by atoms with Crippen LogP contribution in [0.15, 0.2) is 60.3 Å². The normalized spacial score (nSPS) is 10.8. The predicted octanol–water partition coefficient (Wildman–Crippen LogP) is 2.62. The van der Waals surface area contributed by atoms with E-state index in [9.17, 15) is 4.79 Å². The first kappa shape index (κ1) is 17.3. The number of carbonyl (C=O) groups excluding carboxylic acids is 1. The quantitative estimate of drug-likeness (QED) is 0.564. The van der Waals surface area contributed by atoms with Crippen molar-refractivity contribution in [2.45, 2.75) is 20.1 Å². The lowest BCUT2D eigenvalue weighted by Crippen LogP contribution is -2.16. The number of amides is 1. The number of aryl methyl sites for hydroxylation is 1. The molecular formula is C19H19N3O2. The van der Waals surface area contributed by atoms with Crippen molar-refractivity contribution in [2.75, 3.05) is 5.32 Å². The van der Waals surface area contributed by atoms with Gasteiger partial charge in [0.2, 0.25) is 0 Å². The van der Waals surface area contributed by atoms with E-state index in [1.165, 1.54) is 6.20 Å². The Bertz CT molecular complexity index is 774. The van der Waals surface area contributed by atoms with Crippen LogP contribution in [0, 0.1) is 18.3 Å². The van der Waals surface area contributed by atoms with Crippen LogP contribution in [0.2, 0.25) is 0 Å². The first-order valence-electron chi connectivity index (χ1n) is 7.52. The average Bonchev–Trinajstić information content (AvgIpc) is 2.59. The van der Waals surface area contributed by atoms with Crippen LogP contribution < -0.4 is 10.6 Å². The molecule has 0 saturated carbocycles. The molecule has 3 N–H and O–H groups in total. The average molecular weight is 321 g/mol. The van der Waals surface area contributed by atoms with E-state index in [4.69, 9.17) is 10.4 Å². The van der Waals surface area contributed by atoms with Crippen molar-refractivity contribution < 1.29 is 9.90 Å². The second-order valence-electron chi connectivity index (χ2n) is 5.35. The summed E-state index contributed by atoms with van der Waals surface area (Å²) in [5, 5.41) is 23.8. The van der Waals surface area contributed by atoms with Crippen molar-refractivity contribution in [2.24, 2.45) is 0 Å². The minimum Gasteiger partial charge on any atom is -0.392 e. The summed E-state index contributed by atoms with van der Waals surface area (Å²) in [6, 6.07) is 16.7. The van der Waals surface area contributed by atoms with Gasteiger partial charge in [0.1, 0.15) is 11.6 Å². The summed E-state index contributed by atoms with van der Waals surface area (Å²) < 4.78 is 0. The standard InChI is InChI=1S/C19H19N3O2/c1-14-3-2-4-18(9-14)22-19(24)17(10-20)12-21-11-15-5-7-16(13-23)8-6-15/h2-9,12,21,23H,11,13H2,1H3,(H,22,24)/b17-12-. The van der Waals surface area contributed by atoms with Crippen molar-refractivity contribution in [1.82, 2.24) is 5.32 Å². The predicted molar refractivity (Wildman–Crippen MR) is 92.7 cm³/mol. The molecule has 5 nitrogen and oxygen atoms in total. The maximum absolute atomic E-state index is 12.1. The van der Waals surface area contributed by atoms with Gasteiger partial charge < -0.3 is 15.7 Å². The fourth-order valence-corrected chi connectivity index (χ4v) is 2.10. The van der Waals surface area contributed by atoms with Crippen molar-refractivity contribution >= 4 is 11.6 Å². The van der Waals surface area contributed by atoms with Crippen molar-refractivity contribution in [1.29, 1.82) is 5.26 Å². The minimum atomic E-state index is -0.453. The number of hydrogen-bond acceptors (Lipinski definition) is 4. The molecule has 0 aliphatic heterocycles. The Kier molecular flexibility index (Phi) is 6.12. The third-order valence-electron chi connectivity index (χ3n) is 3.40. The number of hydrogen-bond donors (Lipinski definition) is 3. The summed E-state index contributed by atoms with van der Waals surface area (Å²) >= 11 is 0. The van der Waals surface area contributed by atoms with Gasteiger partial charge in [-0.1, -0.05) is 36.4 Å². The Morgan fingerprint density at radius 3 is 2.54 bits per heavy atom. The van der Waals surface area contributed by atoms with Crippen LogP contribution in [-0.2, 0) is 17.9 Å². The smallest absolute Gasteiger partial charge is 0.267 e. The van der Waals surface area contributed by atoms with Gasteiger partial charge >= 0.3 is 0 Å². The molecule has 5 heteroatoms. The molecule has 0 aliphatic carbocycles. The van der Waals surface area contributed by atoms with E-state index >= 15 is 0 Å². The molecule has 0 radical (unpaired) electrons. The van der Waals surface area contributed by atoms with E-state index in [0.29, 0.717) is 12.2 Å². The molecule has 0 heterocycles. The van der Waals surface area contributed by atoms with Crippen LogP contribution in [0.5, 0.6) is 0 Å². The van der Waals surface area contributed by atoms with E-state index in [-0.39, 0.29) is 12.2 Å². The van der Waals surface area contributed by atoms with E-state index in [1.54, 1.807) is 6.07 Å². The van der Waals surface area contributed by atoms with Crippen molar-refractivity contribution in [3.63, 3.8) is 0 Å². The molecule has 2 rings (SSSR count). The topological polar surface area (TPSA) is 85.2 Å². The summed E-state index contributed by atoms with van der Waals surface area (Å²) in [5.41, 5.74) is 3.51. The number of rotatable bonds is 6. The first-order chi connectivity index (χ1) is 11.6. The van der Waals surface area contributed by atoms with Gasteiger partial charge in [0, 0.05) is 18.4 Å². The number of nitriles is 1. The molecule has 122 valence electrons. The Morgan fingerprint density at radius 1 is 1.21 bits per heavy atom. The van der Waals surface area contributed by atoms with Gasteiger partial charge in [-0.25, -0.2) is 0 Å². The van der Waals surface area contributed by atoms with E-state index in [2.05, 4.69) is 10.6 Å². The number of carbonyl (C=O) groups is 1. The Hall–Kier alpha value is -3.10. The molecule has 24 heavy (non-hydrogen) atoms. The lowest BCUT2D eigenvalue weighted by molar-refractivity contribution is -0.112. The number of nitrogens with zero attached hydrogens (tertiary/aromatic N) is 1. The van der Waals surface area contributed by atoms with Crippen LogP contribution in [0.25, 0.3) is 0 Å². The fourth-order valence-electron chi connectivity index (χ4n) is 2.10. The number of anilines is 1. The van der Waals surface area contributed by atoms with E-state index in [1.807, 2.05) is 55.5 Å². The number of benzene rings is 2. The maximum atomic E-state index is 12.1. The molecular weight excluding hydrogens is 302 g/mol. The number of nitrogens with one attached hydrogen (secondary N) is 2. The molecule has 0 aliphatic rings. The fraction of sp³-hybridized carbons (Fsp3) is 0.158. The van der Waals surface area contributed by atoms with Crippen LogP contribution in [0.4, 0.5) is 5.69 Å². The third-order valence-corrected chi connectivity index (χ3v) is 3.40. The molecule has 0 bridgehead atoms. The third kappa shape index (κ3) is 4.97. The maximum Gasteiger partial charge on any atom is 0.267 e. The van der Waals surface area contributed by atoms with Crippen molar-refractivity contribution in [3.05, 3.63) is 77.0 Å². The molecule has 0 fully saturated rings. The zero-order valence-electron chi connectivity index (χ0n) is 13.4. The zero-order valence-corrected chi connectivity index (χ0v) is 13.4. The monoisotopic (exact) mass is 321 g/mol. The molecule has 0 saturated heterocycles. The number of aliphatic hydroxyl groups excluding tert-OH is 1. The van der Waals surface area contributed by atoms with Crippen LogP contribution in [0.1, 0.15) is 16.7 Å². The minimum absolute atomic E-state index is 0.00323. The molecule has 2 aromatic carbocycles. The van der Waals surface area contributed by atoms with Crippen LogP contribution in [-0.4, -0.2) is 11.0 Å². The second kappa shape index (κ2) is 8.51. The highest BCUT2D eigenvalue weighted by atomic mass is 16.3. The summed E-state index contributed by atoms with van der Waals surface area (Å²) in [5.74, 6) is -0.453. The largest absolute Gasteiger partial charge is 0.392 e. The molecule has 0 atom stereocenters. The SMILES string of the molecule is Cc1cccc(NC(=O)/C(C#N)=C\NCc2ccc(CO)cc2)c1. The van der Waals surface area contributed by atoms with E-state index in [0.717, 1.165) is 16.7 Å². The Balaban J connectivity index is 1.95. The second-order valence-corrected chi connectivity index (χ2v) is 5.35. The highest BCUT2D eigenvalue weighted by molar-refractivity contribution is 6.06. The van der Waals surface area contributed by atoms with Gasteiger partial charge in [-0.05, 0) is 35.7 Å². The van der Waals surface area contributed by atoms with Gasteiger partial charge in [0.05, 0.1) is 6.61 Å². The Morgan fingerprint density at radius 2 is 1.92 bits per heavy atom. The molecule has 0 aromatic heterocycles. The molecule has 1 amide bonds. The first-order valence-corrected chi connectivity index (χ1v) is 7.52. The lowest BCUT2D eigenvalue weighted by Gasteiger charge is -2.06. The van der Waals surface area contributed by atoms with Gasteiger partial charge in [-0.2, -0.15) is 5.26 Å². The summed E-state index contributed by atoms with van der Waals surface area (Å²) in [6.45, 7) is 2.42. The van der Waals surface area contributed by atoms with E-state index < -0.39 is 5.91 Å². The summed E-state index contributed by atoms with van der Waals surface area (Å²) in [7, 11) is 0. The highest BCUT2D eigenvalue weighted by Gasteiger charge is 2.09. The zero-order chi connectivity index (χ0) is 17.4. The molecule has 2 aromatic rings. The summed E-state index contributed by atoms with van der Waals surface area (Å²) in [4.78, 5) is 12.1. The van der Waals surface area contributed by atoms with Crippen LogP contribution in [0.3, 0.4) is 0 Å².